The summed E-state index contributed by atoms with van der Waals surface area (Å²) in [5.74, 6) is -0.390. The van der Waals surface area contributed by atoms with E-state index in [9.17, 15) is 19.2 Å². The molecule has 1 saturated heterocycles. The van der Waals surface area contributed by atoms with Gasteiger partial charge in [0, 0.05) is 28.1 Å². The number of thioether (sulfide) groups is 1. The number of nitrogens with zero attached hydrogens (tertiary/aromatic N) is 2. The van der Waals surface area contributed by atoms with Crippen LogP contribution >= 0.6 is 11.8 Å². The zero-order valence-electron chi connectivity index (χ0n) is 27.9. The first-order valence-corrected chi connectivity index (χ1v) is 17.4. The fraction of sp³-hybridized carbons (Fsp3) is 0.0976. The van der Waals surface area contributed by atoms with E-state index in [1.165, 1.54) is 16.7 Å². The van der Waals surface area contributed by atoms with Gasteiger partial charge >= 0.3 is 0 Å². The molecule has 1 aliphatic rings. The SMILES string of the molecule is CCOc1ccc(/C=C(\NC(=O)c2ccccc2)C(=O)Nc2ccc(SC3CC(=O)N(c4ccc(-c5nc6ccccc6o5)cc4)C3=O)cc2)cc1. The van der Waals surface area contributed by atoms with Crippen molar-refractivity contribution in [3.05, 3.63) is 144 Å². The molecule has 0 aliphatic carbocycles. The van der Waals surface area contributed by atoms with E-state index in [1.54, 1.807) is 109 Å². The number of para-hydroxylation sites is 2. The highest BCUT2D eigenvalue weighted by Gasteiger charge is 2.40. The summed E-state index contributed by atoms with van der Waals surface area (Å²) in [6.45, 7) is 2.42. The number of nitrogens with one attached hydrogen (secondary N) is 2. The van der Waals surface area contributed by atoms with Gasteiger partial charge in [-0.15, -0.1) is 11.8 Å². The first kappa shape index (κ1) is 34.0. The number of anilines is 2. The zero-order valence-corrected chi connectivity index (χ0v) is 28.8. The maximum absolute atomic E-state index is 13.5. The largest absolute Gasteiger partial charge is 0.494 e. The summed E-state index contributed by atoms with van der Waals surface area (Å²) in [7, 11) is 0. The molecule has 2 heterocycles. The molecule has 0 radical (unpaired) electrons. The first-order valence-electron chi connectivity index (χ1n) is 16.6. The molecule has 0 saturated carbocycles. The summed E-state index contributed by atoms with van der Waals surface area (Å²) in [4.78, 5) is 59.4. The highest BCUT2D eigenvalue weighted by atomic mass is 32.2. The third-order valence-electron chi connectivity index (χ3n) is 8.19. The van der Waals surface area contributed by atoms with Crippen molar-refractivity contribution in [3.63, 3.8) is 0 Å². The zero-order chi connectivity index (χ0) is 36.0. The van der Waals surface area contributed by atoms with Gasteiger partial charge in [-0.05, 0) is 103 Å². The van der Waals surface area contributed by atoms with Gasteiger partial charge in [0.15, 0.2) is 5.58 Å². The molecule has 4 amide bonds. The van der Waals surface area contributed by atoms with Gasteiger partial charge in [0.25, 0.3) is 11.8 Å². The number of ether oxygens (including phenoxy) is 1. The van der Waals surface area contributed by atoms with Gasteiger partial charge in [-0.2, -0.15) is 0 Å². The Labute approximate surface area is 303 Å². The van der Waals surface area contributed by atoms with Gasteiger partial charge in [0.2, 0.25) is 17.7 Å². The van der Waals surface area contributed by atoms with Crippen LogP contribution in [0.5, 0.6) is 5.75 Å². The number of imide groups is 1. The van der Waals surface area contributed by atoms with Crippen LogP contribution in [0.1, 0.15) is 29.3 Å². The Balaban J connectivity index is 1.01. The molecule has 10 nitrogen and oxygen atoms in total. The van der Waals surface area contributed by atoms with Gasteiger partial charge < -0.3 is 19.8 Å². The molecule has 5 aromatic carbocycles. The van der Waals surface area contributed by atoms with Crippen molar-refractivity contribution < 1.29 is 28.3 Å². The second kappa shape index (κ2) is 15.2. The van der Waals surface area contributed by atoms with Crippen LogP contribution in [0.3, 0.4) is 0 Å². The average Bonchev–Trinajstić information content (AvgIpc) is 3.73. The van der Waals surface area contributed by atoms with Crippen LogP contribution in [0.2, 0.25) is 0 Å². The minimum atomic E-state index is -0.610. The molecule has 1 aromatic heterocycles. The van der Waals surface area contributed by atoms with E-state index >= 15 is 0 Å². The van der Waals surface area contributed by atoms with Crippen LogP contribution < -0.4 is 20.3 Å². The van der Waals surface area contributed by atoms with E-state index in [0.29, 0.717) is 46.3 Å². The maximum Gasteiger partial charge on any atom is 0.272 e. The fourth-order valence-corrected chi connectivity index (χ4v) is 6.69. The lowest BCUT2D eigenvalue weighted by molar-refractivity contribution is -0.121. The highest BCUT2D eigenvalue weighted by Crippen LogP contribution is 2.35. The molecule has 1 unspecified atom stereocenters. The molecule has 2 N–H and O–H groups in total. The third kappa shape index (κ3) is 7.64. The van der Waals surface area contributed by atoms with Crippen LogP contribution in [0.15, 0.2) is 142 Å². The Morgan fingerprint density at radius 3 is 2.31 bits per heavy atom. The summed E-state index contributed by atoms with van der Waals surface area (Å²) in [5.41, 5.74) is 4.26. The Bertz CT molecular complexity index is 2250. The van der Waals surface area contributed by atoms with E-state index < -0.39 is 17.1 Å². The van der Waals surface area contributed by atoms with Crippen LogP contribution in [-0.2, 0) is 14.4 Å². The predicted octanol–water partition coefficient (Wildman–Crippen LogP) is 7.73. The van der Waals surface area contributed by atoms with Crippen molar-refractivity contribution in [2.45, 2.75) is 23.5 Å². The van der Waals surface area contributed by atoms with Gasteiger partial charge in [-0.1, -0.05) is 42.5 Å². The van der Waals surface area contributed by atoms with E-state index in [0.717, 1.165) is 16.0 Å². The molecule has 0 bridgehead atoms. The lowest BCUT2D eigenvalue weighted by Crippen LogP contribution is -2.31. The minimum Gasteiger partial charge on any atom is -0.494 e. The van der Waals surface area contributed by atoms with Crippen LogP contribution in [0.25, 0.3) is 28.6 Å². The van der Waals surface area contributed by atoms with Crippen LogP contribution in [-0.4, -0.2) is 40.5 Å². The minimum absolute atomic E-state index is 0.0495. The Morgan fingerprint density at radius 2 is 1.60 bits per heavy atom. The molecular formula is C41H32N4O6S. The highest BCUT2D eigenvalue weighted by molar-refractivity contribution is 8.00. The number of amides is 4. The van der Waals surface area contributed by atoms with E-state index in [1.807, 2.05) is 31.2 Å². The summed E-state index contributed by atoms with van der Waals surface area (Å²) >= 11 is 1.28. The van der Waals surface area contributed by atoms with Gasteiger partial charge in [-0.25, -0.2) is 9.88 Å². The monoisotopic (exact) mass is 708 g/mol. The van der Waals surface area contributed by atoms with Crippen molar-refractivity contribution in [1.82, 2.24) is 10.3 Å². The maximum atomic E-state index is 13.5. The molecule has 11 heteroatoms. The van der Waals surface area contributed by atoms with Crippen molar-refractivity contribution in [1.29, 1.82) is 0 Å². The smallest absolute Gasteiger partial charge is 0.272 e. The Hall–Kier alpha value is -6.46. The number of carbonyl (C=O) groups is 4. The number of aromatic nitrogens is 1. The molecule has 1 fully saturated rings. The van der Waals surface area contributed by atoms with Gasteiger partial charge in [0.05, 0.1) is 17.5 Å². The Kier molecular flexibility index (Phi) is 9.94. The molecule has 6 aromatic rings. The van der Waals surface area contributed by atoms with Crippen molar-refractivity contribution in [2.24, 2.45) is 0 Å². The lowest BCUT2D eigenvalue weighted by Gasteiger charge is -2.15. The lowest BCUT2D eigenvalue weighted by atomic mass is 10.1. The normalized spacial score (nSPS) is 14.4. The number of hydrogen-bond acceptors (Lipinski definition) is 8. The van der Waals surface area contributed by atoms with E-state index in [4.69, 9.17) is 9.15 Å². The van der Waals surface area contributed by atoms with Crippen molar-refractivity contribution in [3.8, 4) is 17.2 Å². The summed E-state index contributed by atoms with van der Waals surface area (Å²) in [6.07, 6.45) is 1.64. The first-order chi connectivity index (χ1) is 25.3. The number of rotatable bonds is 11. The topological polar surface area (TPSA) is 131 Å². The van der Waals surface area contributed by atoms with Gasteiger partial charge in [-0.3, -0.25) is 19.2 Å². The predicted molar refractivity (Wildman–Crippen MR) is 201 cm³/mol. The summed E-state index contributed by atoms with van der Waals surface area (Å²) in [5, 5.41) is 4.97. The number of carbonyl (C=O) groups excluding carboxylic acids is 4. The number of hydrogen-bond donors (Lipinski definition) is 2. The molecule has 1 aliphatic heterocycles. The quantitative estimate of drug-likeness (QED) is 0.103. The summed E-state index contributed by atoms with van der Waals surface area (Å²) in [6, 6.07) is 37.2. The average molecular weight is 709 g/mol. The second-order valence-electron chi connectivity index (χ2n) is 11.8. The molecule has 7 rings (SSSR count). The summed E-state index contributed by atoms with van der Waals surface area (Å²) < 4.78 is 11.4. The number of fused-ring (bicyclic) bond motifs is 1. The standard InChI is InChI=1S/C41H32N4O6S/c1-2-50-31-20-12-26(13-21-31)24-34(43-38(47)27-8-4-3-5-9-27)39(48)42-29-16-22-32(23-17-29)52-36-25-37(46)45(41(36)49)30-18-14-28(15-19-30)40-44-33-10-6-7-11-35(33)51-40/h3-24,36H,2,25H2,1H3,(H,42,48)(H,43,47)/b34-24-. The van der Waals surface area contributed by atoms with Crippen molar-refractivity contribution >= 4 is 63.9 Å². The molecular weight excluding hydrogens is 677 g/mol. The Morgan fingerprint density at radius 1 is 0.885 bits per heavy atom. The number of oxazole rings is 1. The third-order valence-corrected chi connectivity index (χ3v) is 9.39. The van der Waals surface area contributed by atoms with Crippen LogP contribution in [0.4, 0.5) is 11.4 Å². The molecule has 52 heavy (non-hydrogen) atoms. The van der Waals surface area contributed by atoms with E-state index in [-0.39, 0.29) is 23.9 Å². The second-order valence-corrected chi connectivity index (χ2v) is 13.0. The van der Waals surface area contributed by atoms with Crippen molar-refractivity contribution in [2.75, 3.05) is 16.8 Å². The number of benzene rings is 5. The molecule has 258 valence electrons. The van der Waals surface area contributed by atoms with Crippen LogP contribution in [0, 0.1) is 0 Å². The van der Waals surface area contributed by atoms with Gasteiger partial charge in [0.1, 0.15) is 17.0 Å². The van der Waals surface area contributed by atoms with E-state index in [2.05, 4.69) is 15.6 Å². The molecule has 1 atom stereocenters. The fourth-order valence-electron chi connectivity index (χ4n) is 5.63. The molecule has 0 spiro atoms.